The standard InChI is InChI=1S/C22H14BrNO6/c23-10-19(27)24-16-3-1-2-15(22(28)29)21(16)20-13-6-4-11(25)8-17(13)30-18-9-12(26)5-7-14(18)20/h1-9,25H,10H2,(H,24,27)(H,28,29). The fraction of sp³-hybridized carbons (Fsp3) is 0.0455. The maximum atomic E-state index is 12.1. The highest BCUT2D eigenvalue weighted by Crippen LogP contribution is 2.44. The van der Waals surface area contributed by atoms with E-state index in [0.29, 0.717) is 22.2 Å². The number of hydrogen-bond donors (Lipinski definition) is 3. The number of phenols is 1. The molecule has 0 radical (unpaired) electrons. The van der Waals surface area contributed by atoms with E-state index in [4.69, 9.17) is 4.42 Å². The number of hydrogen-bond acceptors (Lipinski definition) is 5. The van der Waals surface area contributed by atoms with Crippen LogP contribution in [0.15, 0.2) is 63.8 Å². The Bertz CT molecular complexity index is 1340. The molecule has 1 amide bonds. The number of aromatic hydroxyl groups is 1. The summed E-state index contributed by atoms with van der Waals surface area (Å²) in [4.78, 5) is 36.0. The summed E-state index contributed by atoms with van der Waals surface area (Å²) in [6, 6.07) is 13.2. The van der Waals surface area contributed by atoms with Gasteiger partial charge in [0.1, 0.15) is 17.1 Å². The highest BCUT2D eigenvalue weighted by Gasteiger charge is 2.24. The lowest BCUT2D eigenvalue weighted by atomic mass is 9.89. The second-order valence-electron chi connectivity index (χ2n) is 6.53. The lowest BCUT2D eigenvalue weighted by Crippen LogP contribution is -2.15. The Morgan fingerprint density at radius 1 is 1.03 bits per heavy atom. The van der Waals surface area contributed by atoms with E-state index in [1.165, 1.54) is 36.4 Å². The van der Waals surface area contributed by atoms with Crippen molar-refractivity contribution in [3.05, 3.63) is 70.4 Å². The van der Waals surface area contributed by atoms with E-state index in [2.05, 4.69) is 21.2 Å². The molecule has 0 spiro atoms. The first-order valence-electron chi connectivity index (χ1n) is 8.81. The lowest BCUT2D eigenvalue weighted by molar-refractivity contribution is -0.113. The number of rotatable bonds is 4. The molecular weight excluding hydrogens is 454 g/mol. The summed E-state index contributed by atoms with van der Waals surface area (Å²) in [5.41, 5.74) is 1.49. The third-order valence-corrected chi connectivity index (χ3v) is 5.13. The molecule has 1 aliphatic carbocycles. The number of benzene rings is 3. The van der Waals surface area contributed by atoms with Gasteiger partial charge in [-0.15, -0.1) is 0 Å². The summed E-state index contributed by atoms with van der Waals surface area (Å²) in [5, 5.41) is 23.0. The summed E-state index contributed by atoms with van der Waals surface area (Å²) in [7, 11) is 0. The number of alkyl halides is 1. The number of nitrogens with one attached hydrogen (secondary N) is 1. The van der Waals surface area contributed by atoms with E-state index in [0.717, 1.165) is 0 Å². The number of carbonyl (C=O) groups excluding carboxylic acids is 1. The Morgan fingerprint density at radius 3 is 2.57 bits per heavy atom. The van der Waals surface area contributed by atoms with Gasteiger partial charge < -0.3 is 19.9 Å². The van der Waals surface area contributed by atoms with Gasteiger partial charge in [-0.25, -0.2) is 4.79 Å². The summed E-state index contributed by atoms with van der Waals surface area (Å²) < 4.78 is 5.81. The highest BCUT2D eigenvalue weighted by atomic mass is 79.9. The monoisotopic (exact) mass is 467 g/mol. The van der Waals surface area contributed by atoms with Gasteiger partial charge in [0.2, 0.25) is 5.91 Å². The molecule has 2 aromatic carbocycles. The number of halogens is 1. The van der Waals surface area contributed by atoms with Crippen molar-refractivity contribution in [1.29, 1.82) is 0 Å². The average molecular weight is 468 g/mol. The number of amides is 1. The molecule has 7 nitrogen and oxygen atoms in total. The molecule has 0 fully saturated rings. The van der Waals surface area contributed by atoms with E-state index in [-0.39, 0.29) is 44.9 Å². The van der Waals surface area contributed by atoms with Crippen LogP contribution in [0.5, 0.6) is 5.75 Å². The first kappa shape index (κ1) is 19.7. The lowest BCUT2D eigenvalue weighted by Gasteiger charge is -2.19. The molecule has 0 saturated heterocycles. The minimum Gasteiger partial charge on any atom is -0.508 e. The van der Waals surface area contributed by atoms with Crippen molar-refractivity contribution in [3.63, 3.8) is 0 Å². The fourth-order valence-corrected chi connectivity index (χ4v) is 3.56. The molecule has 0 bridgehead atoms. The normalized spacial score (nSPS) is 11.0. The van der Waals surface area contributed by atoms with Crippen molar-refractivity contribution in [3.8, 4) is 28.2 Å². The van der Waals surface area contributed by atoms with Crippen molar-refractivity contribution in [1.82, 2.24) is 0 Å². The largest absolute Gasteiger partial charge is 0.508 e. The SMILES string of the molecule is O=C(CBr)Nc1cccc(C(=O)O)c1-c1c2ccc(=O)cc-2oc2cc(O)ccc12. The first-order chi connectivity index (χ1) is 14.4. The van der Waals surface area contributed by atoms with E-state index in [9.17, 15) is 24.6 Å². The number of fused-ring (bicyclic) bond motifs is 2. The number of carboxylic acid groups (broad SMARTS) is 1. The maximum absolute atomic E-state index is 12.1. The Labute approximate surface area is 178 Å². The number of phenolic OH excluding ortho intramolecular Hbond substituents is 1. The predicted molar refractivity (Wildman–Crippen MR) is 116 cm³/mol. The van der Waals surface area contributed by atoms with Gasteiger partial charge in [-0.1, -0.05) is 22.0 Å². The van der Waals surface area contributed by atoms with E-state index < -0.39 is 5.97 Å². The molecule has 8 heteroatoms. The van der Waals surface area contributed by atoms with Gasteiger partial charge in [-0.3, -0.25) is 9.59 Å². The van der Waals surface area contributed by atoms with Crippen molar-refractivity contribution in [2.24, 2.45) is 0 Å². The minimum atomic E-state index is -1.18. The molecule has 4 rings (SSSR count). The summed E-state index contributed by atoms with van der Waals surface area (Å²) in [5.74, 6) is -1.35. The molecule has 0 unspecified atom stereocenters. The van der Waals surface area contributed by atoms with Gasteiger partial charge >= 0.3 is 5.97 Å². The zero-order valence-corrected chi connectivity index (χ0v) is 16.9. The van der Waals surface area contributed by atoms with Gasteiger partial charge in [0.15, 0.2) is 5.43 Å². The molecule has 2 aliphatic rings. The van der Waals surface area contributed by atoms with Gasteiger partial charge in [0.25, 0.3) is 0 Å². The summed E-state index contributed by atoms with van der Waals surface area (Å²) in [6.07, 6.45) is 0. The molecule has 1 aliphatic heterocycles. The molecule has 0 atom stereocenters. The molecule has 3 N–H and O–H groups in total. The second kappa shape index (κ2) is 7.64. The number of anilines is 1. The molecular formula is C22H14BrNO6. The van der Waals surface area contributed by atoms with Gasteiger partial charge in [-0.05, 0) is 36.4 Å². The Balaban J connectivity index is 2.19. The third-order valence-electron chi connectivity index (χ3n) is 4.62. The van der Waals surface area contributed by atoms with Crippen molar-refractivity contribution >= 4 is 44.5 Å². The van der Waals surface area contributed by atoms with E-state index >= 15 is 0 Å². The van der Waals surface area contributed by atoms with Crippen LogP contribution in [0.1, 0.15) is 10.4 Å². The first-order valence-corrected chi connectivity index (χ1v) is 9.93. The van der Waals surface area contributed by atoms with Crippen LogP contribution in [0, 0.1) is 0 Å². The van der Waals surface area contributed by atoms with Crippen LogP contribution < -0.4 is 10.7 Å². The van der Waals surface area contributed by atoms with E-state index in [1.54, 1.807) is 18.2 Å². The fourth-order valence-electron chi connectivity index (χ4n) is 3.42. The van der Waals surface area contributed by atoms with Crippen LogP contribution in [0.25, 0.3) is 33.4 Å². The van der Waals surface area contributed by atoms with Crippen LogP contribution in [0.2, 0.25) is 0 Å². The Kier molecular flexibility index (Phi) is 5.01. The van der Waals surface area contributed by atoms with Gasteiger partial charge in [0, 0.05) is 39.9 Å². The number of aromatic carboxylic acids is 1. The van der Waals surface area contributed by atoms with Crippen molar-refractivity contribution in [2.75, 3.05) is 10.6 Å². The average Bonchev–Trinajstić information content (AvgIpc) is 2.71. The maximum Gasteiger partial charge on any atom is 0.336 e. The smallest absolute Gasteiger partial charge is 0.336 e. The molecule has 2 aromatic rings. The Hall–Kier alpha value is -3.65. The van der Waals surface area contributed by atoms with Crippen LogP contribution in [0.3, 0.4) is 0 Å². The minimum absolute atomic E-state index is 0.0305. The topological polar surface area (TPSA) is 117 Å². The third kappa shape index (κ3) is 3.42. The molecule has 0 saturated carbocycles. The quantitative estimate of drug-likeness (QED) is 0.304. The number of carboxylic acids is 1. The van der Waals surface area contributed by atoms with E-state index in [1.807, 2.05) is 0 Å². The van der Waals surface area contributed by atoms with Crippen molar-refractivity contribution < 1.29 is 24.2 Å². The van der Waals surface area contributed by atoms with Gasteiger partial charge in [0.05, 0.1) is 10.9 Å². The summed E-state index contributed by atoms with van der Waals surface area (Å²) >= 11 is 3.09. The van der Waals surface area contributed by atoms with Crippen molar-refractivity contribution in [2.45, 2.75) is 0 Å². The van der Waals surface area contributed by atoms with Crippen LogP contribution in [-0.4, -0.2) is 27.4 Å². The summed E-state index contributed by atoms with van der Waals surface area (Å²) in [6.45, 7) is 0. The number of carbonyl (C=O) groups is 2. The second-order valence-corrected chi connectivity index (χ2v) is 7.09. The highest BCUT2D eigenvalue weighted by molar-refractivity contribution is 9.09. The Morgan fingerprint density at radius 2 is 1.83 bits per heavy atom. The molecule has 150 valence electrons. The van der Waals surface area contributed by atoms with Crippen LogP contribution in [-0.2, 0) is 4.79 Å². The zero-order valence-electron chi connectivity index (χ0n) is 15.3. The molecule has 0 aromatic heterocycles. The van der Waals surface area contributed by atoms with Crippen LogP contribution in [0.4, 0.5) is 5.69 Å². The van der Waals surface area contributed by atoms with Gasteiger partial charge in [-0.2, -0.15) is 0 Å². The molecule has 1 heterocycles. The molecule has 30 heavy (non-hydrogen) atoms. The zero-order chi connectivity index (χ0) is 21.4. The van der Waals surface area contributed by atoms with Crippen LogP contribution >= 0.6 is 15.9 Å². The predicted octanol–water partition coefficient (Wildman–Crippen LogP) is 4.30.